The Morgan fingerprint density at radius 3 is 2.27 bits per heavy atom. The number of anilines is 1. The third-order valence-corrected chi connectivity index (χ3v) is 10.00. The monoisotopic (exact) mass is 643 g/mol. The smallest absolute Gasteiger partial charge is 0.264 e. The molecule has 0 saturated heterocycles. The first kappa shape index (κ1) is 33.3. The van der Waals surface area contributed by atoms with Gasteiger partial charge in [-0.1, -0.05) is 67.6 Å². The Morgan fingerprint density at radius 2 is 1.68 bits per heavy atom. The van der Waals surface area contributed by atoms with Crippen molar-refractivity contribution in [3.05, 3.63) is 88.7 Å². The molecule has 3 aromatic rings. The second-order valence-corrected chi connectivity index (χ2v) is 13.3. The third kappa shape index (κ3) is 8.09. The molecule has 1 aliphatic carbocycles. The Labute approximate surface area is 264 Å². The molecule has 44 heavy (non-hydrogen) atoms. The largest absolute Gasteiger partial charge is 0.495 e. The van der Waals surface area contributed by atoms with Crippen LogP contribution in [0, 0.1) is 12.7 Å². The van der Waals surface area contributed by atoms with Gasteiger partial charge in [0.2, 0.25) is 11.8 Å². The summed E-state index contributed by atoms with van der Waals surface area (Å²) in [6.07, 6.45) is 5.21. The van der Waals surface area contributed by atoms with Gasteiger partial charge in [0.1, 0.15) is 24.2 Å². The van der Waals surface area contributed by atoms with E-state index in [9.17, 15) is 22.4 Å². The zero-order chi connectivity index (χ0) is 31.9. The highest BCUT2D eigenvalue weighted by molar-refractivity contribution is 7.92. The van der Waals surface area contributed by atoms with Gasteiger partial charge in [-0.15, -0.1) is 0 Å². The Bertz CT molecular complexity index is 1540. The molecular formula is C33H39ClFN3O5S. The molecular weight excluding hydrogens is 605 g/mol. The molecule has 11 heteroatoms. The van der Waals surface area contributed by atoms with E-state index >= 15 is 0 Å². The van der Waals surface area contributed by atoms with Crippen LogP contribution in [0.5, 0.6) is 5.75 Å². The van der Waals surface area contributed by atoms with E-state index in [0.29, 0.717) is 17.7 Å². The van der Waals surface area contributed by atoms with Gasteiger partial charge in [0.05, 0.1) is 22.7 Å². The van der Waals surface area contributed by atoms with Gasteiger partial charge in [-0.2, -0.15) is 0 Å². The SMILES string of the molecule is CC[C@@H](C(=O)NC1CCCCC1)N(Cc1ccc(F)cc1)C(=O)CN(c1ccc(OC)c(Cl)c1)S(=O)(=O)c1ccc(C)cc1. The van der Waals surface area contributed by atoms with Crippen molar-refractivity contribution in [1.29, 1.82) is 0 Å². The molecule has 0 heterocycles. The van der Waals surface area contributed by atoms with Crippen LogP contribution in [0.25, 0.3) is 0 Å². The maximum Gasteiger partial charge on any atom is 0.264 e. The molecule has 0 spiro atoms. The fraction of sp³-hybridized carbons (Fsp3) is 0.394. The molecule has 1 fully saturated rings. The quantitative estimate of drug-likeness (QED) is 0.252. The first-order chi connectivity index (χ1) is 21.0. The van der Waals surface area contributed by atoms with Crippen LogP contribution in [0.15, 0.2) is 71.6 Å². The van der Waals surface area contributed by atoms with Crippen molar-refractivity contribution >= 4 is 39.1 Å². The van der Waals surface area contributed by atoms with Crippen LogP contribution < -0.4 is 14.4 Å². The highest BCUT2D eigenvalue weighted by atomic mass is 35.5. The van der Waals surface area contributed by atoms with E-state index < -0.39 is 34.3 Å². The van der Waals surface area contributed by atoms with Gasteiger partial charge >= 0.3 is 0 Å². The minimum absolute atomic E-state index is 0.00462. The topological polar surface area (TPSA) is 96.0 Å². The van der Waals surface area contributed by atoms with Crippen molar-refractivity contribution in [3.8, 4) is 5.75 Å². The average Bonchev–Trinajstić information content (AvgIpc) is 3.01. The second-order valence-electron chi connectivity index (χ2n) is 11.1. The van der Waals surface area contributed by atoms with Gasteiger partial charge in [-0.05, 0) is 74.2 Å². The number of amides is 2. The lowest BCUT2D eigenvalue weighted by molar-refractivity contribution is -0.140. The van der Waals surface area contributed by atoms with Crippen LogP contribution in [-0.4, -0.2) is 50.9 Å². The highest BCUT2D eigenvalue weighted by Crippen LogP contribution is 2.32. The maximum absolute atomic E-state index is 14.2. The second kappa shape index (κ2) is 14.9. The van der Waals surface area contributed by atoms with Crippen molar-refractivity contribution in [2.24, 2.45) is 0 Å². The van der Waals surface area contributed by atoms with E-state index in [2.05, 4.69) is 5.32 Å². The highest BCUT2D eigenvalue weighted by Gasteiger charge is 2.34. The number of hydrogen-bond donors (Lipinski definition) is 1. The van der Waals surface area contributed by atoms with Crippen LogP contribution in [0.1, 0.15) is 56.6 Å². The Hall–Kier alpha value is -3.63. The number of benzene rings is 3. The Morgan fingerprint density at radius 1 is 1.02 bits per heavy atom. The lowest BCUT2D eigenvalue weighted by atomic mass is 9.95. The number of carbonyl (C=O) groups is 2. The number of nitrogens with one attached hydrogen (secondary N) is 1. The van der Waals surface area contributed by atoms with E-state index in [1.165, 1.54) is 54.5 Å². The predicted molar refractivity (Wildman–Crippen MR) is 170 cm³/mol. The van der Waals surface area contributed by atoms with Gasteiger partial charge in [0.15, 0.2) is 0 Å². The lowest BCUT2D eigenvalue weighted by Gasteiger charge is -2.34. The van der Waals surface area contributed by atoms with Crippen LogP contribution >= 0.6 is 11.6 Å². The molecule has 0 bridgehead atoms. The molecule has 0 radical (unpaired) electrons. The summed E-state index contributed by atoms with van der Waals surface area (Å²) in [6, 6.07) is 15.6. The molecule has 236 valence electrons. The van der Waals surface area contributed by atoms with Crippen molar-refractivity contribution in [2.75, 3.05) is 18.0 Å². The molecule has 1 atom stereocenters. The molecule has 8 nitrogen and oxygen atoms in total. The minimum atomic E-state index is -4.25. The van der Waals surface area contributed by atoms with Crippen molar-refractivity contribution in [3.63, 3.8) is 0 Å². The summed E-state index contributed by atoms with van der Waals surface area (Å²) < 4.78 is 48.1. The third-order valence-electron chi connectivity index (χ3n) is 7.91. The minimum Gasteiger partial charge on any atom is -0.495 e. The van der Waals surface area contributed by atoms with E-state index in [-0.39, 0.29) is 34.1 Å². The Kier molecular flexibility index (Phi) is 11.3. The van der Waals surface area contributed by atoms with E-state index in [1.54, 1.807) is 31.2 Å². The van der Waals surface area contributed by atoms with Gasteiger partial charge in [-0.25, -0.2) is 12.8 Å². The summed E-state index contributed by atoms with van der Waals surface area (Å²) in [5.74, 6) is -0.976. The van der Waals surface area contributed by atoms with Gasteiger partial charge < -0.3 is 15.0 Å². The zero-order valence-electron chi connectivity index (χ0n) is 25.3. The molecule has 4 rings (SSSR count). The molecule has 0 unspecified atom stereocenters. The summed E-state index contributed by atoms with van der Waals surface area (Å²) >= 11 is 6.39. The first-order valence-electron chi connectivity index (χ1n) is 14.8. The van der Waals surface area contributed by atoms with E-state index in [1.807, 2.05) is 6.92 Å². The molecule has 0 aromatic heterocycles. The zero-order valence-corrected chi connectivity index (χ0v) is 26.8. The lowest BCUT2D eigenvalue weighted by Crippen LogP contribution is -2.54. The summed E-state index contributed by atoms with van der Waals surface area (Å²) in [5, 5.41) is 3.28. The van der Waals surface area contributed by atoms with E-state index in [4.69, 9.17) is 16.3 Å². The molecule has 2 amide bonds. The van der Waals surface area contributed by atoms with Crippen molar-refractivity contribution < 1.29 is 27.1 Å². The number of aryl methyl sites for hydroxylation is 1. The van der Waals surface area contributed by atoms with Gasteiger partial charge in [0, 0.05) is 12.6 Å². The first-order valence-corrected chi connectivity index (χ1v) is 16.6. The van der Waals surface area contributed by atoms with Crippen LogP contribution in [0.3, 0.4) is 0 Å². The number of ether oxygens (including phenoxy) is 1. The van der Waals surface area contributed by atoms with E-state index in [0.717, 1.165) is 42.0 Å². The molecule has 1 aliphatic rings. The van der Waals surface area contributed by atoms with Gasteiger partial charge in [0.25, 0.3) is 10.0 Å². The number of rotatable bonds is 12. The molecule has 1 N–H and O–H groups in total. The number of nitrogens with zero attached hydrogens (tertiary/aromatic N) is 2. The summed E-state index contributed by atoms with van der Waals surface area (Å²) in [7, 11) is -2.81. The molecule has 0 aliphatic heterocycles. The summed E-state index contributed by atoms with van der Waals surface area (Å²) in [5.41, 5.74) is 1.63. The summed E-state index contributed by atoms with van der Waals surface area (Å²) in [6.45, 7) is 3.03. The number of halogens is 2. The predicted octanol–water partition coefficient (Wildman–Crippen LogP) is 6.25. The standard InChI is InChI=1S/C33H39ClFN3O5S/c1-4-30(33(40)36-26-8-6-5-7-9-26)37(21-24-12-14-25(35)15-13-24)32(39)22-38(27-16-19-31(43-3)29(34)20-27)44(41,42)28-17-10-23(2)11-18-28/h10-20,26,30H,4-9,21-22H2,1-3H3,(H,36,40)/t30-/m0/s1. The average molecular weight is 644 g/mol. The number of sulfonamides is 1. The van der Waals surface area contributed by atoms with Crippen LogP contribution in [-0.2, 0) is 26.2 Å². The number of carbonyl (C=O) groups excluding carboxylic acids is 2. The number of methoxy groups -OCH3 is 1. The molecule has 1 saturated carbocycles. The van der Waals surface area contributed by atoms with Crippen molar-refractivity contribution in [1.82, 2.24) is 10.2 Å². The number of hydrogen-bond acceptors (Lipinski definition) is 5. The van der Waals surface area contributed by atoms with Crippen molar-refractivity contribution in [2.45, 2.75) is 75.9 Å². The maximum atomic E-state index is 14.2. The fourth-order valence-corrected chi connectivity index (χ4v) is 7.08. The Balaban J connectivity index is 1.73. The summed E-state index contributed by atoms with van der Waals surface area (Å²) in [4.78, 5) is 29.2. The van der Waals surface area contributed by atoms with Crippen LogP contribution in [0.4, 0.5) is 10.1 Å². The fourth-order valence-electron chi connectivity index (χ4n) is 5.43. The van der Waals surface area contributed by atoms with Gasteiger partial charge in [-0.3, -0.25) is 13.9 Å². The molecule has 3 aromatic carbocycles. The van der Waals surface area contributed by atoms with Crippen LogP contribution in [0.2, 0.25) is 5.02 Å². The normalized spacial score (nSPS) is 14.5.